The third-order valence-electron chi connectivity index (χ3n) is 4.65. The largest absolute Gasteiger partial charge is 0.391 e. The second-order valence-corrected chi connectivity index (χ2v) is 6.71. The fourth-order valence-electron chi connectivity index (χ4n) is 3.26. The minimum Gasteiger partial charge on any atom is -0.391 e. The number of pyridine rings is 1. The summed E-state index contributed by atoms with van der Waals surface area (Å²) in [6.45, 7) is 2.58. The van der Waals surface area contributed by atoms with Crippen molar-refractivity contribution in [2.45, 2.75) is 19.4 Å². The van der Waals surface area contributed by atoms with Crippen molar-refractivity contribution >= 4 is 5.91 Å². The first-order valence-corrected chi connectivity index (χ1v) is 8.72. The van der Waals surface area contributed by atoms with Crippen LogP contribution in [0.5, 0.6) is 0 Å². The number of aliphatic hydroxyl groups is 1. The fraction of sp³-hybridized carbons (Fsp3) is 0.316. The van der Waals surface area contributed by atoms with Gasteiger partial charge in [-0.05, 0) is 19.1 Å². The van der Waals surface area contributed by atoms with Crippen LogP contribution in [0.2, 0.25) is 0 Å². The molecule has 4 heterocycles. The van der Waals surface area contributed by atoms with Crippen LogP contribution in [0.4, 0.5) is 0 Å². The van der Waals surface area contributed by atoms with Crippen molar-refractivity contribution in [1.29, 1.82) is 0 Å². The zero-order chi connectivity index (χ0) is 18.8. The van der Waals surface area contributed by atoms with Crippen molar-refractivity contribution in [2.75, 3.05) is 13.1 Å². The number of carbonyl (C=O) groups excluding carboxylic acids is 1. The zero-order valence-electron chi connectivity index (χ0n) is 14.8. The minimum atomic E-state index is -0.602. The van der Waals surface area contributed by atoms with Gasteiger partial charge in [0.1, 0.15) is 5.76 Å². The van der Waals surface area contributed by atoms with E-state index in [1.165, 1.54) is 12.4 Å². The highest BCUT2D eigenvalue weighted by Gasteiger charge is 2.35. The molecule has 1 saturated heterocycles. The van der Waals surface area contributed by atoms with Crippen molar-refractivity contribution in [1.82, 2.24) is 25.0 Å². The van der Waals surface area contributed by atoms with E-state index in [1.807, 2.05) is 19.1 Å². The molecule has 0 saturated carbocycles. The molecule has 1 amide bonds. The van der Waals surface area contributed by atoms with E-state index >= 15 is 0 Å². The first-order chi connectivity index (χ1) is 13.1. The highest BCUT2D eigenvalue weighted by Crippen LogP contribution is 2.23. The predicted molar refractivity (Wildman–Crippen MR) is 95.6 cm³/mol. The first-order valence-electron chi connectivity index (χ1n) is 8.72. The van der Waals surface area contributed by atoms with Crippen LogP contribution in [0.3, 0.4) is 0 Å². The minimum absolute atomic E-state index is 0.0862. The normalized spacial score (nSPS) is 19.4. The quantitative estimate of drug-likeness (QED) is 0.747. The molecule has 2 atom stereocenters. The molecule has 1 aliphatic heterocycles. The summed E-state index contributed by atoms with van der Waals surface area (Å²) in [5.74, 6) is 0.953. The SMILES string of the molecule is Cc1cc(C[C@@H]2CN(C(=O)c3cnc(-c4cccnc4)nc3)C[C@H]2O)on1. The highest BCUT2D eigenvalue weighted by atomic mass is 16.5. The van der Waals surface area contributed by atoms with Gasteiger partial charge >= 0.3 is 0 Å². The van der Waals surface area contributed by atoms with Crippen LogP contribution in [-0.2, 0) is 6.42 Å². The van der Waals surface area contributed by atoms with Crippen molar-refractivity contribution in [3.63, 3.8) is 0 Å². The molecule has 1 aliphatic rings. The van der Waals surface area contributed by atoms with Crippen LogP contribution >= 0.6 is 0 Å². The molecule has 0 radical (unpaired) electrons. The lowest BCUT2D eigenvalue weighted by molar-refractivity contribution is 0.0764. The number of aliphatic hydroxyl groups excluding tert-OH is 1. The summed E-state index contributed by atoms with van der Waals surface area (Å²) >= 11 is 0. The second-order valence-electron chi connectivity index (χ2n) is 6.71. The number of hydrogen-bond donors (Lipinski definition) is 1. The Morgan fingerprint density at radius 3 is 2.78 bits per heavy atom. The van der Waals surface area contributed by atoms with Crippen molar-refractivity contribution in [2.24, 2.45) is 5.92 Å². The number of aryl methyl sites for hydroxylation is 1. The summed E-state index contributed by atoms with van der Waals surface area (Å²) in [5, 5.41) is 14.2. The molecule has 138 valence electrons. The summed E-state index contributed by atoms with van der Waals surface area (Å²) in [7, 11) is 0. The number of rotatable bonds is 4. The maximum atomic E-state index is 12.7. The third kappa shape index (κ3) is 3.70. The van der Waals surface area contributed by atoms with Crippen LogP contribution < -0.4 is 0 Å². The van der Waals surface area contributed by atoms with E-state index in [-0.39, 0.29) is 18.4 Å². The molecule has 0 aromatic carbocycles. The molecular formula is C19H19N5O3. The maximum Gasteiger partial charge on any atom is 0.257 e. The molecule has 0 bridgehead atoms. The molecule has 3 aromatic rings. The Morgan fingerprint density at radius 1 is 1.30 bits per heavy atom. The number of nitrogens with zero attached hydrogens (tertiary/aromatic N) is 5. The Balaban J connectivity index is 1.43. The van der Waals surface area contributed by atoms with E-state index in [4.69, 9.17) is 4.52 Å². The van der Waals surface area contributed by atoms with Gasteiger partial charge in [0.25, 0.3) is 5.91 Å². The predicted octanol–water partition coefficient (Wildman–Crippen LogP) is 1.51. The van der Waals surface area contributed by atoms with Crippen molar-refractivity contribution in [3.05, 3.63) is 60.0 Å². The van der Waals surface area contributed by atoms with E-state index in [0.717, 1.165) is 17.0 Å². The van der Waals surface area contributed by atoms with Crippen LogP contribution in [0, 0.1) is 12.8 Å². The van der Waals surface area contributed by atoms with Crippen molar-refractivity contribution in [3.8, 4) is 11.4 Å². The van der Waals surface area contributed by atoms with Gasteiger partial charge in [-0.15, -0.1) is 0 Å². The van der Waals surface area contributed by atoms with Gasteiger partial charge in [0.15, 0.2) is 5.82 Å². The summed E-state index contributed by atoms with van der Waals surface area (Å²) in [4.78, 5) is 26.9. The van der Waals surface area contributed by atoms with Gasteiger partial charge in [-0.2, -0.15) is 0 Å². The van der Waals surface area contributed by atoms with E-state index in [2.05, 4.69) is 20.1 Å². The number of aromatic nitrogens is 4. The molecule has 0 spiro atoms. The maximum absolute atomic E-state index is 12.7. The number of likely N-dealkylation sites (tertiary alicyclic amines) is 1. The van der Waals surface area contributed by atoms with Gasteiger partial charge < -0.3 is 14.5 Å². The van der Waals surface area contributed by atoms with Gasteiger partial charge in [-0.3, -0.25) is 9.78 Å². The Morgan fingerprint density at radius 2 is 2.11 bits per heavy atom. The molecule has 4 rings (SSSR count). The fourth-order valence-corrected chi connectivity index (χ4v) is 3.26. The van der Waals surface area contributed by atoms with Crippen LogP contribution in [0.25, 0.3) is 11.4 Å². The van der Waals surface area contributed by atoms with Gasteiger partial charge in [0, 0.05) is 61.8 Å². The smallest absolute Gasteiger partial charge is 0.257 e. The summed E-state index contributed by atoms with van der Waals surface area (Å²) in [6.07, 6.45) is 6.31. The van der Waals surface area contributed by atoms with Gasteiger partial charge in [-0.1, -0.05) is 5.16 Å². The van der Waals surface area contributed by atoms with Crippen LogP contribution in [0.15, 0.2) is 47.5 Å². The number of β-amino-alcohol motifs (C(OH)–C–C–N with tert-alkyl or cyclic N) is 1. The molecule has 1 fully saturated rings. The highest BCUT2D eigenvalue weighted by molar-refractivity contribution is 5.94. The molecule has 27 heavy (non-hydrogen) atoms. The average molecular weight is 365 g/mol. The number of amides is 1. The average Bonchev–Trinajstić information content (AvgIpc) is 3.28. The second kappa shape index (κ2) is 7.24. The topological polar surface area (TPSA) is 105 Å². The van der Waals surface area contributed by atoms with Gasteiger partial charge in [-0.25, -0.2) is 9.97 Å². The summed E-state index contributed by atoms with van der Waals surface area (Å²) in [6, 6.07) is 5.51. The molecular weight excluding hydrogens is 346 g/mol. The molecule has 1 N–H and O–H groups in total. The molecule has 3 aromatic heterocycles. The summed E-state index contributed by atoms with van der Waals surface area (Å²) < 4.78 is 5.22. The van der Waals surface area contributed by atoms with Crippen molar-refractivity contribution < 1.29 is 14.4 Å². The summed E-state index contributed by atoms with van der Waals surface area (Å²) in [5.41, 5.74) is 1.98. The van der Waals surface area contributed by atoms with Crippen LogP contribution in [-0.4, -0.2) is 55.2 Å². The van der Waals surface area contributed by atoms with Gasteiger partial charge in [0.05, 0.1) is 17.4 Å². The Hall–Kier alpha value is -3.13. The standard InChI is InChI=1S/C19H19N5O3/c1-12-5-16(27-23-12)6-14-10-24(11-17(14)25)19(26)15-8-21-18(22-9-15)13-3-2-4-20-7-13/h2-5,7-9,14,17,25H,6,10-11H2,1H3/t14-,17-/m1/s1. The Kier molecular flexibility index (Phi) is 4.64. The lowest BCUT2D eigenvalue weighted by Gasteiger charge is -2.15. The molecule has 8 nitrogen and oxygen atoms in total. The Labute approximate surface area is 155 Å². The van der Waals surface area contributed by atoms with E-state index < -0.39 is 6.10 Å². The molecule has 0 unspecified atom stereocenters. The third-order valence-corrected chi connectivity index (χ3v) is 4.65. The Bertz CT molecular complexity index is 926. The van der Waals surface area contributed by atoms with E-state index in [0.29, 0.717) is 24.4 Å². The molecule has 0 aliphatic carbocycles. The van der Waals surface area contributed by atoms with E-state index in [9.17, 15) is 9.90 Å². The zero-order valence-corrected chi connectivity index (χ0v) is 14.8. The lowest BCUT2D eigenvalue weighted by Crippen LogP contribution is -2.29. The first kappa shape index (κ1) is 17.3. The number of hydrogen-bond acceptors (Lipinski definition) is 7. The number of carbonyl (C=O) groups is 1. The van der Waals surface area contributed by atoms with E-state index in [1.54, 1.807) is 23.4 Å². The van der Waals surface area contributed by atoms with Gasteiger partial charge in [0.2, 0.25) is 0 Å². The van der Waals surface area contributed by atoms with Crippen LogP contribution in [0.1, 0.15) is 21.8 Å². The monoisotopic (exact) mass is 365 g/mol. The lowest BCUT2D eigenvalue weighted by atomic mass is 10.0. The molecule has 8 heteroatoms.